The first-order valence-corrected chi connectivity index (χ1v) is 7.03. The zero-order chi connectivity index (χ0) is 11.8. The second-order valence-electron chi connectivity index (χ2n) is 5.49. The van der Waals surface area contributed by atoms with E-state index in [2.05, 4.69) is 26.1 Å². The summed E-state index contributed by atoms with van der Waals surface area (Å²) in [5.41, 5.74) is 0. The maximum atomic E-state index is 5.40. The molecular formula is C14H29NO. The predicted molar refractivity (Wildman–Crippen MR) is 69.7 cm³/mol. The normalized spacial score (nSPS) is 21.9. The Bertz CT molecular complexity index is 166. The zero-order valence-electron chi connectivity index (χ0n) is 11.3. The van der Waals surface area contributed by atoms with E-state index in [0.29, 0.717) is 6.04 Å². The van der Waals surface area contributed by atoms with Gasteiger partial charge in [0, 0.05) is 19.3 Å². The van der Waals surface area contributed by atoms with Gasteiger partial charge in [0.2, 0.25) is 0 Å². The summed E-state index contributed by atoms with van der Waals surface area (Å²) in [5, 5.41) is 3.58. The monoisotopic (exact) mass is 227 g/mol. The molecule has 1 saturated heterocycles. The van der Waals surface area contributed by atoms with Crippen LogP contribution in [-0.2, 0) is 4.74 Å². The summed E-state index contributed by atoms with van der Waals surface area (Å²) in [4.78, 5) is 0. The first-order chi connectivity index (χ1) is 7.72. The Kier molecular flexibility index (Phi) is 7.06. The van der Waals surface area contributed by atoms with Crippen LogP contribution in [-0.4, -0.2) is 25.8 Å². The minimum atomic E-state index is 0.676. The fourth-order valence-electron chi connectivity index (χ4n) is 2.72. The van der Waals surface area contributed by atoms with Crippen molar-refractivity contribution in [3.05, 3.63) is 0 Å². The third-order valence-electron chi connectivity index (χ3n) is 3.58. The van der Waals surface area contributed by atoms with E-state index in [9.17, 15) is 0 Å². The van der Waals surface area contributed by atoms with Gasteiger partial charge in [-0.15, -0.1) is 0 Å². The largest absolute Gasteiger partial charge is 0.381 e. The number of hydrogen-bond acceptors (Lipinski definition) is 2. The molecular weight excluding hydrogens is 198 g/mol. The summed E-state index contributed by atoms with van der Waals surface area (Å²) in [6.45, 7) is 10.1. The highest BCUT2D eigenvalue weighted by Crippen LogP contribution is 2.25. The summed E-state index contributed by atoms with van der Waals surface area (Å²) < 4.78 is 5.40. The molecule has 16 heavy (non-hydrogen) atoms. The Morgan fingerprint density at radius 3 is 2.56 bits per heavy atom. The first-order valence-electron chi connectivity index (χ1n) is 7.03. The van der Waals surface area contributed by atoms with Crippen LogP contribution in [0.15, 0.2) is 0 Å². The van der Waals surface area contributed by atoms with Gasteiger partial charge in [-0.1, -0.05) is 13.8 Å². The molecule has 96 valence electrons. The lowest BCUT2D eigenvalue weighted by atomic mass is 9.87. The van der Waals surface area contributed by atoms with Gasteiger partial charge in [0.15, 0.2) is 0 Å². The van der Waals surface area contributed by atoms with Crippen LogP contribution in [0.4, 0.5) is 0 Å². The maximum absolute atomic E-state index is 5.40. The van der Waals surface area contributed by atoms with Crippen LogP contribution in [0.25, 0.3) is 0 Å². The van der Waals surface area contributed by atoms with E-state index in [4.69, 9.17) is 4.74 Å². The maximum Gasteiger partial charge on any atom is 0.0468 e. The molecule has 0 radical (unpaired) electrons. The molecule has 1 N–H and O–H groups in total. The molecule has 1 rings (SSSR count). The average molecular weight is 227 g/mol. The van der Waals surface area contributed by atoms with Gasteiger partial charge in [-0.05, 0) is 57.4 Å². The third-order valence-corrected chi connectivity index (χ3v) is 3.58. The van der Waals surface area contributed by atoms with Gasteiger partial charge in [0.25, 0.3) is 0 Å². The van der Waals surface area contributed by atoms with Crippen molar-refractivity contribution < 1.29 is 4.74 Å². The Labute approximate surface area is 101 Å². The van der Waals surface area contributed by atoms with Gasteiger partial charge >= 0.3 is 0 Å². The molecule has 0 amide bonds. The van der Waals surface area contributed by atoms with Crippen LogP contribution in [0.3, 0.4) is 0 Å². The Hall–Kier alpha value is -0.0800. The number of nitrogens with one attached hydrogen (secondary N) is 1. The fourth-order valence-corrected chi connectivity index (χ4v) is 2.72. The van der Waals surface area contributed by atoms with Crippen molar-refractivity contribution in [3.8, 4) is 0 Å². The van der Waals surface area contributed by atoms with Crippen LogP contribution >= 0.6 is 0 Å². The second-order valence-corrected chi connectivity index (χ2v) is 5.49. The molecule has 0 bridgehead atoms. The van der Waals surface area contributed by atoms with Gasteiger partial charge in [-0.2, -0.15) is 0 Å². The minimum Gasteiger partial charge on any atom is -0.381 e. The van der Waals surface area contributed by atoms with Crippen molar-refractivity contribution in [2.24, 2.45) is 11.8 Å². The van der Waals surface area contributed by atoms with E-state index in [1.807, 2.05) is 0 Å². The molecule has 0 spiro atoms. The lowest BCUT2D eigenvalue weighted by Gasteiger charge is -2.26. The van der Waals surface area contributed by atoms with Crippen molar-refractivity contribution in [1.82, 2.24) is 5.32 Å². The Morgan fingerprint density at radius 2 is 1.94 bits per heavy atom. The number of ether oxygens (including phenoxy) is 1. The average Bonchev–Trinajstić information content (AvgIpc) is 2.27. The molecule has 2 nitrogen and oxygen atoms in total. The molecule has 1 fully saturated rings. The van der Waals surface area contributed by atoms with E-state index in [1.54, 1.807) is 0 Å². The van der Waals surface area contributed by atoms with E-state index in [-0.39, 0.29) is 0 Å². The summed E-state index contributed by atoms with van der Waals surface area (Å²) in [5.74, 6) is 1.77. The molecule has 2 unspecified atom stereocenters. The Morgan fingerprint density at radius 1 is 1.25 bits per heavy atom. The van der Waals surface area contributed by atoms with Gasteiger partial charge in [0.05, 0.1) is 0 Å². The molecule has 0 aromatic carbocycles. The van der Waals surface area contributed by atoms with Crippen molar-refractivity contribution in [3.63, 3.8) is 0 Å². The highest BCUT2D eigenvalue weighted by Gasteiger charge is 2.17. The third kappa shape index (κ3) is 5.86. The molecule has 0 aliphatic carbocycles. The van der Waals surface area contributed by atoms with Crippen molar-refractivity contribution in [2.75, 3.05) is 19.8 Å². The Balaban J connectivity index is 2.11. The molecule has 0 saturated carbocycles. The second kappa shape index (κ2) is 8.08. The smallest absolute Gasteiger partial charge is 0.0468 e. The topological polar surface area (TPSA) is 21.3 Å². The summed E-state index contributed by atoms with van der Waals surface area (Å²) >= 11 is 0. The van der Waals surface area contributed by atoms with Gasteiger partial charge in [0.1, 0.15) is 0 Å². The molecule has 1 aliphatic heterocycles. The van der Waals surface area contributed by atoms with Gasteiger partial charge in [-0.25, -0.2) is 0 Å². The van der Waals surface area contributed by atoms with Gasteiger partial charge < -0.3 is 10.1 Å². The SMILES string of the molecule is CCCNC(C)CC(C)CC1CCOCC1. The van der Waals surface area contributed by atoms with Gasteiger partial charge in [-0.3, -0.25) is 0 Å². The van der Waals surface area contributed by atoms with E-state index in [1.165, 1.54) is 32.1 Å². The molecule has 0 aromatic rings. The van der Waals surface area contributed by atoms with Crippen LogP contribution in [0.5, 0.6) is 0 Å². The fraction of sp³-hybridized carbons (Fsp3) is 1.00. The molecule has 1 heterocycles. The summed E-state index contributed by atoms with van der Waals surface area (Å²) in [6, 6.07) is 0.676. The molecule has 0 aromatic heterocycles. The van der Waals surface area contributed by atoms with E-state index < -0.39 is 0 Å². The molecule has 2 heteroatoms. The van der Waals surface area contributed by atoms with Crippen molar-refractivity contribution >= 4 is 0 Å². The molecule has 2 atom stereocenters. The molecule has 1 aliphatic rings. The number of rotatable bonds is 7. The minimum absolute atomic E-state index is 0.676. The van der Waals surface area contributed by atoms with Crippen molar-refractivity contribution in [1.29, 1.82) is 0 Å². The van der Waals surface area contributed by atoms with E-state index in [0.717, 1.165) is 31.6 Å². The highest BCUT2D eigenvalue weighted by molar-refractivity contribution is 4.70. The predicted octanol–water partition coefficient (Wildman–Crippen LogP) is 3.22. The lowest BCUT2D eigenvalue weighted by molar-refractivity contribution is 0.0585. The zero-order valence-corrected chi connectivity index (χ0v) is 11.3. The quantitative estimate of drug-likeness (QED) is 0.721. The summed E-state index contributed by atoms with van der Waals surface area (Å²) in [7, 11) is 0. The van der Waals surface area contributed by atoms with Crippen LogP contribution in [0, 0.1) is 11.8 Å². The summed E-state index contributed by atoms with van der Waals surface area (Å²) in [6.07, 6.45) is 6.50. The van der Waals surface area contributed by atoms with Crippen molar-refractivity contribution in [2.45, 2.75) is 58.9 Å². The first kappa shape index (κ1) is 14.0. The lowest BCUT2D eigenvalue weighted by Crippen LogP contribution is -2.29. The van der Waals surface area contributed by atoms with Crippen LogP contribution in [0.1, 0.15) is 52.9 Å². The highest BCUT2D eigenvalue weighted by atomic mass is 16.5. The van der Waals surface area contributed by atoms with Crippen LogP contribution in [0.2, 0.25) is 0 Å². The van der Waals surface area contributed by atoms with E-state index >= 15 is 0 Å². The van der Waals surface area contributed by atoms with Crippen LogP contribution < -0.4 is 5.32 Å². The number of hydrogen-bond donors (Lipinski definition) is 1. The standard InChI is InChI=1S/C14H29NO/c1-4-7-15-13(3)10-12(2)11-14-5-8-16-9-6-14/h12-15H,4-11H2,1-3H3.